The van der Waals surface area contributed by atoms with Crippen LogP contribution in [0.3, 0.4) is 0 Å². The molecule has 0 aliphatic carbocycles. The van der Waals surface area contributed by atoms with Crippen molar-refractivity contribution in [3.05, 3.63) is 12.2 Å². The van der Waals surface area contributed by atoms with Crippen molar-refractivity contribution in [2.75, 3.05) is 13.2 Å². The van der Waals surface area contributed by atoms with Crippen molar-refractivity contribution >= 4 is 19.8 Å². The minimum Gasteiger partial charge on any atom is -0.462 e. The number of allylic oxidation sites excluding steroid dienone is 2. The van der Waals surface area contributed by atoms with Crippen molar-refractivity contribution in [1.29, 1.82) is 0 Å². The van der Waals surface area contributed by atoms with Gasteiger partial charge < -0.3 is 19.3 Å². The SMILES string of the molecule is CCC/C=C\CCCCCCCC(=O)OC(COC(=O)CCCCCCCCCCCCCCCCCCCCCC)COP(=O)(O)O. The second-order valence-electron chi connectivity index (χ2n) is 13.6. The number of hydrogen-bond acceptors (Lipinski definition) is 6. The highest BCUT2D eigenvalue weighted by molar-refractivity contribution is 7.46. The minimum absolute atomic E-state index is 0.205. The van der Waals surface area contributed by atoms with E-state index in [1.165, 1.54) is 116 Å². The van der Waals surface area contributed by atoms with Crippen LogP contribution in [-0.2, 0) is 28.2 Å². The predicted octanol–water partition coefficient (Wildman–Crippen LogP) is 11.8. The van der Waals surface area contributed by atoms with Crippen LogP contribution < -0.4 is 0 Å². The molecule has 284 valence electrons. The van der Waals surface area contributed by atoms with Gasteiger partial charge in [-0.1, -0.05) is 174 Å². The maximum atomic E-state index is 12.3. The molecule has 8 nitrogen and oxygen atoms in total. The summed E-state index contributed by atoms with van der Waals surface area (Å²) in [5, 5.41) is 0. The molecular formula is C39H75O8P. The predicted molar refractivity (Wildman–Crippen MR) is 198 cm³/mol. The molecule has 0 fully saturated rings. The lowest BCUT2D eigenvalue weighted by Crippen LogP contribution is -2.29. The fourth-order valence-corrected chi connectivity index (χ4v) is 6.15. The smallest absolute Gasteiger partial charge is 0.462 e. The topological polar surface area (TPSA) is 119 Å². The van der Waals surface area contributed by atoms with Crippen molar-refractivity contribution in [2.45, 2.75) is 213 Å². The van der Waals surface area contributed by atoms with E-state index in [1.54, 1.807) is 0 Å². The maximum absolute atomic E-state index is 12.3. The summed E-state index contributed by atoms with van der Waals surface area (Å²) >= 11 is 0. The van der Waals surface area contributed by atoms with E-state index >= 15 is 0 Å². The highest BCUT2D eigenvalue weighted by Gasteiger charge is 2.22. The lowest BCUT2D eigenvalue weighted by Gasteiger charge is -2.18. The van der Waals surface area contributed by atoms with Gasteiger partial charge in [0.15, 0.2) is 6.10 Å². The second-order valence-corrected chi connectivity index (χ2v) is 14.9. The highest BCUT2D eigenvalue weighted by atomic mass is 31.2. The largest absolute Gasteiger partial charge is 0.469 e. The zero-order valence-electron chi connectivity index (χ0n) is 31.2. The van der Waals surface area contributed by atoms with Gasteiger partial charge in [0.2, 0.25) is 0 Å². The molecule has 0 saturated carbocycles. The summed E-state index contributed by atoms with van der Waals surface area (Å²) < 4.78 is 26.3. The van der Waals surface area contributed by atoms with E-state index in [4.69, 9.17) is 19.3 Å². The van der Waals surface area contributed by atoms with Crippen LogP contribution in [-0.4, -0.2) is 41.0 Å². The van der Waals surface area contributed by atoms with Crippen molar-refractivity contribution < 1.29 is 37.9 Å². The first-order chi connectivity index (χ1) is 23.3. The van der Waals surface area contributed by atoms with Gasteiger partial charge in [-0.05, 0) is 32.1 Å². The molecule has 0 radical (unpaired) electrons. The molecule has 0 spiro atoms. The van der Waals surface area contributed by atoms with Crippen molar-refractivity contribution in [3.63, 3.8) is 0 Å². The Hall–Kier alpha value is -1.21. The van der Waals surface area contributed by atoms with E-state index in [2.05, 4.69) is 30.5 Å². The number of rotatable bonds is 37. The molecule has 48 heavy (non-hydrogen) atoms. The molecule has 1 unspecified atom stereocenters. The van der Waals surface area contributed by atoms with Crippen LogP contribution in [0.4, 0.5) is 0 Å². The van der Waals surface area contributed by atoms with Gasteiger partial charge in [-0.25, -0.2) is 4.57 Å². The van der Waals surface area contributed by atoms with Crippen molar-refractivity contribution in [3.8, 4) is 0 Å². The number of unbranched alkanes of at least 4 members (excludes halogenated alkanes) is 25. The van der Waals surface area contributed by atoms with Gasteiger partial charge >= 0.3 is 19.8 Å². The number of phosphoric acid groups is 1. The molecule has 2 N–H and O–H groups in total. The molecular weight excluding hydrogens is 627 g/mol. The average molecular weight is 703 g/mol. The Morgan fingerprint density at radius 3 is 1.35 bits per heavy atom. The van der Waals surface area contributed by atoms with Gasteiger partial charge in [0.25, 0.3) is 0 Å². The number of hydrogen-bond donors (Lipinski definition) is 2. The quantitative estimate of drug-likeness (QED) is 0.0284. The fourth-order valence-electron chi connectivity index (χ4n) is 5.79. The summed E-state index contributed by atoms with van der Waals surface area (Å²) in [6.45, 7) is 3.62. The van der Waals surface area contributed by atoms with E-state index < -0.39 is 32.5 Å². The zero-order valence-corrected chi connectivity index (χ0v) is 32.0. The van der Waals surface area contributed by atoms with E-state index in [0.717, 1.165) is 57.8 Å². The molecule has 0 rings (SSSR count). The Labute approximate surface area is 295 Å². The van der Waals surface area contributed by atoms with E-state index in [0.29, 0.717) is 6.42 Å². The lowest BCUT2D eigenvalue weighted by atomic mass is 10.0. The number of ether oxygens (including phenoxy) is 2. The summed E-state index contributed by atoms with van der Waals surface area (Å²) in [7, 11) is -4.74. The molecule has 0 saturated heterocycles. The van der Waals surface area contributed by atoms with Crippen LogP contribution in [0.5, 0.6) is 0 Å². The molecule has 1 atom stereocenters. The standard InChI is InChI=1S/C39H75O8P/c1-3-5-7-9-11-13-15-16-17-18-19-20-21-22-23-24-26-27-29-31-33-38(40)45-35-37(36-46-48(42,43)44)47-39(41)34-32-30-28-25-14-12-10-8-6-4-2/h8,10,37H,3-7,9,11-36H2,1-2H3,(H2,42,43,44)/b10-8-. The summed E-state index contributed by atoms with van der Waals surface area (Å²) in [6.07, 6.45) is 38.1. The Morgan fingerprint density at radius 2 is 0.917 bits per heavy atom. The minimum atomic E-state index is -4.74. The zero-order chi connectivity index (χ0) is 35.4. The van der Waals surface area contributed by atoms with Crippen LogP contribution in [0.1, 0.15) is 206 Å². The summed E-state index contributed by atoms with van der Waals surface area (Å²) in [5.74, 6) is -0.888. The molecule has 0 aromatic heterocycles. The van der Waals surface area contributed by atoms with Gasteiger partial charge in [0, 0.05) is 12.8 Å². The summed E-state index contributed by atoms with van der Waals surface area (Å²) in [4.78, 5) is 42.6. The number of carbonyl (C=O) groups is 2. The van der Waals surface area contributed by atoms with Gasteiger partial charge in [0.1, 0.15) is 6.61 Å². The molecule has 9 heteroatoms. The first-order valence-corrected chi connectivity index (χ1v) is 21.5. The lowest BCUT2D eigenvalue weighted by molar-refractivity contribution is -0.161. The molecule has 0 aliphatic heterocycles. The maximum Gasteiger partial charge on any atom is 0.469 e. The molecule has 0 amide bonds. The number of carbonyl (C=O) groups excluding carboxylic acids is 2. The van der Waals surface area contributed by atoms with Crippen LogP contribution in [0, 0.1) is 0 Å². The van der Waals surface area contributed by atoms with Crippen LogP contribution >= 0.6 is 7.82 Å². The molecule has 0 aromatic carbocycles. The Kier molecular flexibility index (Phi) is 34.7. The average Bonchev–Trinajstić information content (AvgIpc) is 3.05. The Balaban J connectivity index is 3.82. The first-order valence-electron chi connectivity index (χ1n) is 20.0. The monoisotopic (exact) mass is 703 g/mol. The summed E-state index contributed by atoms with van der Waals surface area (Å²) in [6, 6.07) is 0. The first kappa shape index (κ1) is 46.8. The van der Waals surface area contributed by atoms with Gasteiger partial charge in [-0.15, -0.1) is 0 Å². The molecule has 0 aliphatic rings. The van der Waals surface area contributed by atoms with Crippen LogP contribution in [0.15, 0.2) is 12.2 Å². The highest BCUT2D eigenvalue weighted by Crippen LogP contribution is 2.36. The molecule has 0 heterocycles. The number of esters is 2. The van der Waals surface area contributed by atoms with Crippen molar-refractivity contribution in [1.82, 2.24) is 0 Å². The van der Waals surface area contributed by atoms with Crippen molar-refractivity contribution in [2.24, 2.45) is 0 Å². The third-order valence-electron chi connectivity index (χ3n) is 8.77. The molecule has 0 bridgehead atoms. The van der Waals surface area contributed by atoms with E-state index in [1.807, 2.05) is 0 Å². The van der Waals surface area contributed by atoms with Gasteiger partial charge in [0.05, 0.1) is 6.61 Å². The molecule has 0 aromatic rings. The third kappa shape index (κ3) is 37.6. The van der Waals surface area contributed by atoms with Crippen LogP contribution in [0.25, 0.3) is 0 Å². The Morgan fingerprint density at radius 1 is 0.521 bits per heavy atom. The van der Waals surface area contributed by atoms with Gasteiger partial charge in [-0.3, -0.25) is 14.1 Å². The second kappa shape index (κ2) is 35.6. The summed E-state index contributed by atoms with van der Waals surface area (Å²) in [5.41, 5.74) is 0. The third-order valence-corrected chi connectivity index (χ3v) is 9.25. The fraction of sp³-hybridized carbons (Fsp3) is 0.897. The van der Waals surface area contributed by atoms with E-state index in [-0.39, 0.29) is 19.4 Å². The number of phosphoric ester groups is 1. The van der Waals surface area contributed by atoms with E-state index in [9.17, 15) is 14.2 Å². The van der Waals surface area contributed by atoms with Gasteiger partial charge in [-0.2, -0.15) is 0 Å². The van der Waals surface area contributed by atoms with Crippen LogP contribution in [0.2, 0.25) is 0 Å². The Bertz CT molecular complexity index is 797. The normalized spacial score (nSPS) is 12.5.